The average Bonchev–Trinajstić information content (AvgIpc) is 2.53. The molecule has 0 saturated carbocycles. The first-order valence-electron chi connectivity index (χ1n) is 8.33. The Morgan fingerprint density at radius 3 is 1.96 bits per heavy atom. The van der Waals surface area contributed by atoms with E-state index in [0.29, 0.717) is 5.69 Å². The molecule has 0 spiro atoms. The zero-order valence-electron chi connectivity index (χ0n) is 15.3. The van der Waals surface area contributed by atoms with Gasteiger partial charge in [0.1, 0.15) is 6.42 Å². The molecule has 2 aromatic rings. The average molecular weight is 378 g/mol. The lowest BCUT2D eigenvalue weighted by Crippen LogP contribution is -2.23. The van der Waals surface area contributed by atoms with E-state index in [1.54, 1.807) is 12.1 Å². The molecule has 0 aliphatic rings. The van der Waals surface area contributed by atoms with Gasteiger partial charge in [-0.05, 0) is 41.3 Å². The summed E-state index contributed by atoms with van der Waals surface area (Å²) in [4.78, 5) is 24.1. The van der Waals surface area contributed by atoms with Crippen molar-refractivity contribution in [2.45, 2.75) is 38.8 Å². The summed E-state index contributed by atoms with van der Waals surface area (Å²) in [5.74, 6) is -1.11. The van der Waals surface area contributed by atoms with Crippen LogP contribution >= 0.6 is 0 Å². The summed E-state index contributed by atoms with van der Waals surface area (Å²) >= 11 is 0. The van der Waals surface area contributed by atoms with Gasteiger partial charge in [0.05, 0.1) is 5.56 Å². The van der Waals surface area contributed by atoms with Crippen LogP contribution in [0.25, 0.3) is 0 Å². The second-order valence-electron chi connectivity index (χ2n) is 7.14. The van der Waals surface area contributed by atoms with E-state index in [1.165, 1.54) is 0 Å². The number of anilines is 2. The maximum Gasteiger partial charge on any atom is 0.416 e. The lowest BCUT2D eigenvalue weighted by atomic mass is 9.86. The smallest absolute Gasteiger partial charge is 0.326 e. The number of amides is 2. The number of rotatable bonds is 4. The fourth-order valence-electron chi connectivity index (χ4n) is 2.53. The third kappa shape index (κ3) is 5.84. The van der Waals surface area contributed by atoms with Crippen molar-refractivity contribution in [3.05, 3.63) is 59.7 Å². The summed E-state index contributed by atoms with van der Waals surface area (Å²) in [7, 11) is 0. The molecule has 4 nitrogen and oxygen atoms in total. The molecule has 0 atom stereocenters. The molecule has 0 aromatic heterocycles. The fourth-order valence-corrected chi connectivity index (χ4v) is 2.53. The molecular weight excluding hydrogens is 357 g/mol. The Balaban J connectivity index is 1.98. The number of para-hydroxylation sites is 1. The normalized spacial score (nSPS) is 11.8. The van der Waals surface area contributed by atoms with E-state index in [1.807, 2.05) is 32.9 Å². The lowest BCUT2D eigenvalue weighted by molar-refractivity contribution is -0.137. The highest BCUT2D eigenvalue weighted by Gasteiger charge is 2.30. The second kappa shape index (κ2) is 7.82. The Kier molecular flexibility index (Phi) is 5.93. The first-order chi connectivity index (χ1) is 12.5. The minimum atomic E-state index is -4.44. The molecule has 0 bridgehead atoms. The van der Waals surface area contributed by atoms with E-state index in [-0.39, 0.29) is 11.1 Å². The highest BCUT2D eigenvalue weighted by molar-refractivity contribution is 6.08. The number of carbonyl (C=O) groups excluding carboxylic acids is 2. The molecule has 144 valence electrons. The summed E-state index contributed by atoms with van der Waals surface area (Å²) in [5.41, 5.74) is 0.749. The maximum atomic E-state index is 12.5. The number of halogens is 3. The van der Waals surface area contributed by atoms with Crippen molar-refractivity contribution in [2.75, 3.05) is 10.6 Å². The third-order valence-electron chi connectivity index (χ3n) is 3.83. The summed E-state index contributed by atoms with van der Waals surface area (Å²) < 4.78 is 37.6. The van der Waals surface area contributed by atoms with Gasteiger partial charge in [0, 0.05) is 11.4 Å². The quantitative estimate of drug-likeness (QED) is 0.738. The summed E-state index contributed by atoms with van der Waals surface area (Å²) in [5, 5.41) is 5.13. The summed E-state index contributed by atoms with van der Waals surface area (Å²) in [6.45, 7) is 6.03. The van der Waals surface area contributed by atoms with Gasteiger partial charge in [-0.2, -0.15) is 13.2 Å². The molecule has 2 rings (SSSR count). The standard InChI is InChI=1S/C20H21F3N2O2/c1-19(2,3)15-6-4-5-7-16(15)25-18(27)12-17(26)24-14-10-8-13(9-11-14)20(21,22)23/h4-11H,12H2,1-3H3,(H,24,26)(H,25,27). The van der Waals surface area contributed by atoms with Crippen LogP contribution in [0, 0.1) is 0 Å². The van der Waals surface area contributed by atoms with Crippen LogP contribution in [0.2, 0.25) is 0 Å². The van der Waals surface area contributed by atoms with Crippen LogP contribution in [0.15, 0.2) is 48.5 Å². The Hall–Kier alpha value is -2.83. The third-order valence-corrected chi connectivity index (χ3v) is 3.83. The van der Waals surface area contributed by atoms with Crippen LogP contribution in [0.5, 0.6) is 0 Å². The largest absolute Gasteiger partial charge is 0.416 e. The van der Waals surface area contributed by atoms with E-state index in [9.17, 15) is 22.8 Å². The zero-order chi connectivity index (χ0) is 20.2. The summed E-state index contributed by atoms with van der Waals surface area (Å²) in [6.07, 6.45) is -4.89. The molecular formula is C20H21F3N2O2. The number of alkyl halides is 3. The van der Waals surface area contributed by atoms with Crippen LogP contribution in [0.3, 0.4) is 0 Å². The highest BCUT2D eigenvalue weighted by atomic mass is 19.4. The van der Waals surface area contributed by atoms with E-state index < -0.39 is 30.0 Å². The van der Waals surface area contributed by atoms with E-state index >= 15 is 0 Å². The van der Waals surface area contributed by atoms with Gasteiger partial charge in [-0.1, -0.05) is 39.0 Å². The molecule has 0 aliphatic carbocycles. The van der Waals surface area contributed by atoms with Crippen molar-refractivity contribution in [3.63, 3.8) is 0 Å². The van der Waals surface area contributed by atoms with Crippen molar-refractivity contribution in [1.82, 2.24) is 0 Å². The highest BCUT2D eigenvalue weighted by Crippen LogP contribution is 2.30. The SMILES string of the molecule is CC(C)(C)c1ccccc1NC(=O)CC(=O)Nc1ccc(C(F)(F)F)cc1. The molecule has 0 radical (unpaired) electrons. The Morgan fingerprint density at radius 2 is 1.41 bits per heavy atom. The Labute approximate surface area is 155 Å². The van der Waals surface area contributed by atoms with Crippen LogP contribution in [0.4, 0.5) is 24.5 Å². The number of benzene rings is 2. The first kappa shape index (κ1) is 20.5. The molecule has 2 aromatic carbocycles. The topological polar surface area (TPSA) is 58.2 Å². The number of carbonyl (C=O) groups is 2. The van der Waals surface area contributed by atoms with Crippen molar-refractivity contribution in [3.8, 4) is 0 Å². The van der Waals surface area contributed by atoms with E-state index in [4.69, 9.17) is 0 Å². The van der Waals surface area contributed by atoms with Crippen LogP contribution in [0.1, 0.15) is 38.3 Å². The van der Waals surface area contributed by atoms with E-state index in [0.717, 1.165) is 29.8 Å². The predicted molar refractivity (Wildman–Crippen MR) is 98.5 cm³/mol. The Morgan fingerprint density at radius 1 is 0.852 bits per heavy atom. The monoisotopic (exact) mass is 378 g/mol. The molecule has 0 heterocycles. The molecule has 0 fully saturated rings. The molecule has 7 heteroatoms. The molecule has 0 aliphatic heterocycles. The minimum Gasteiger partial charge on any atom is -0.326 e. The number of hydrogen-bond acceptors (Lipinski definition) is 2. The van der Waals surface area contributed by atoms with Gasteiger partial charge in [0.25, 0.3) is 0 Å². The van der Waals surface area contributed by atoms with Crippen LogP contribution < -0.4 is 10.6 Å². The van der Waals surface area contributed by atoms with Gasteiger partial charge >= 0.3 is 6.18 Å². The minimum absolute atomic E-state index is 0.188. The van der Waals surface area contributed by atoms with E-state index in [2.05, 4.69) is 10.6 Å². The molecule has 0 unspecified atom stereocenters. The Bertz CT molecular complexity index is 822. The lowest BCUT2D eigenvalue weighted by Gasteiger charge is -2.22. The van der Waals surface area contributed by atoms with Crippen molar-refractivity contribution in [1.29, 1.82) is 0 Å². The zero-order valence-corrected chi connectivity index (χ0v) is 15.3. The van der Waals surface area contributed by atoms with Gasteiger partial charge in [-0.25, -0.2) is 0 Å². The van der Waals surface area contributed by atoms with Gasteiger partial charge in [-0.15, -0.1) is 0 Å². The van der Waals surface area contributed by atoms with Crippen molar-refractivity contribution < 1.29 is 22.8 Å². The van der Waals surface area contributed by atoms with Gasteiger partial charge in [0.15, 0.2) is 0 Å². The van der Waals surface area contributed by atoms with Gasteiger partial charge in [0.2, 0.25) is 11.8 Å². The number of nitrogens with one attached hydrogen (secondary N) is 2. The second-order valence-corrected chi connectivity index (χ2v) is 7.14. The van der Waals surface area contributed by atoms with Crippen LogP contribution in [-0.4, -0.2) is 11.8 Å². The fraction of sp³-hybridized carbons (Fsp3) is 0.300. The van der Waals surface area contributed by atoms with Crippen LogP contribution in [-0.2, 0) is 21.2 Å². The van der Waals surface area contributed by atoms with Gasteiger partial charge < -0.3 is 10.6 Å². The number of hydrogen-bond donors (Lipinski definition) is 2. The molecule has 2 N–H and O–H groups in total. The van der Waals surface area contributed by atoms with Crippen molar-refractivity contribution >= 4 is 23.2 Å². The first-order valence-corrected chi connectivity index (χ1v) is 8.33. The summed E-state index contributed by atoms with van der Waals surface area (Å²) in [6, 6.07) is 11.3. The molecule has 0 saturated heterocycles. The van der Waals surface area contributed by atoms with Gasteiger partial charge in [-0.3, -0.25) is 9.59 Å². The molecule has 27 heavy (non-hydrogen) atoms. The molecule has 2 amide bonds. The maximum absolute atomic E-state index is 12.5. The van der Waals surface area contributed by atoms with Crippen molar-refractivity contribution in [2.24, 2.45) is 0 Å². The predicted octanol–water partition coefficient (Wildman–Crippen LogP) is 4.97.